The third kappa shape index (κ3) is 2.97. The Morgan fingerprint density at radius 3 is 2.40 bits per heavy atom. The summed E-state index contributed by atoms with van der Waals surface area (Å²) >= 11 is 0. The van der Waals surface area contributed by atoms with Crippen molar-refractivity contribution in [1.82, 2.24) is 4.90 Å². The lowest BCUT2D eigenvalue weighted by Crippen LogP contribution is -2.43. The van der Waals surface area contributed by atoms with E-state index in [1.807, 2.05) is 24.3 Å². The first-order chi connectivity index (χ1) is 14.6. The van der Waals surface area contributed by atoms with Crippen LogP contribution in [-0.2, 0) is 16.0 Å². The van der Waals surface area contributed by atoms with Crippen LogP contribution in [0.4, 0.5) is 5.69 Å². The first-order valence-electron chi connectivity index (χ1n) is 11.1. The number of carbonyl (C=O) groups is 2. The van der Waals surface area contributed by atoms with E-state index in [2.05, 4.69) is 36.9 Å². The summed E-state index contributed by atoms with van der Waals surface area (Å²) in [4.78, 5) is 31.1. The molecule has 1 saturated carbocycles. The normalized spacial score (nSPS) is 19.8. The first-order valence-corrected chi connectivity index (χ1v) is 11.1. The van der Waals surface area contributed by atoms with Crippen LogP contribution in [0.25, 0.3) is 5.57 Å². The Balaban J connectivity index is 1.65. The topological polar surface area (TPSA) is 40.6 Å². The van der Waals surface area contributed by atoms with Crippen LogP contribution in [0.15, 0.2) is 48.2 Å². The van der Waals surface area contributed by atoms with Gasteiger partial charge in [-0.1, -0.05) is 55.7 Å². The summed E-state index contributed by atoms with van der Waals surface area (Å²) in [5, 5.41) is 0. The van der Waals surface area contributed by atoms with Gasteiger partial charge >= 0.3 is 0 Å². The molecule has 30 heavy (non-hydrogen) atoms. The number of hydrogen-bond acceptors (Lipinski definition) is 3. The zero-order valence-electron chi connectivity index (χ0n) is 17.8. The number of aryl methyl sites for hydroxylation is 2. The highest BCUT2D eigenvalue weighted by Crippen LogP contribution is 2.40. The molecule has 0 atom stereocenters. The number of benzene rings is 2. The van der Waals surface area contributed by atoms with E-state index in [9.17, 15) is 9.59 Å². The van der Waals surface area contributed by atoms with Gasteiger partial charge in [-0.15, -0.1) is 0 Å². The number of hydrogen-bond donors (Lipinski definition) is 0. The summed E-state index contributed by atoms with van der Waals surface area (Å²) in [6.45, 7) is 4.87. The van der Waals surface area contributed by atoms with Gasteiger partial charge in [0.1, 0.15) is 5.70 Å². The van der Waals surface area contributed by atoms with Crippen molar-refractivity contribution in [2.24, 2.45) is 0 Å². The van der Waals surface area contributed by atoms with Gasteiger partial charge in [-0.05, 0) is 61.4 Å². The second-order valence-electron chi connectivity index (χ2n) is 8.83. The van der Waals surface area contributed by atoms with Crippen LogP contribution in [0.5, 0.6) is 0 Å². The van der Waals surface area contributed by atoms with Crippen LogP contribution in [-0.4, -0.2) is 29.3 Å². The van der Waals surface area contributed by atoms with E-state index in [-0.39, 0.29) is 17.9 Å². The highest BCUT2D eigenvalue weighted by atomic mass is 16.2. The second-order valence-corrected chi connectivity index (χ2v) is 8.83. The van der Waals surface area contributed by atoms with Gasteiger partial charge in [0.2, 0.25) is 0 Å². The Hall–Kier alpha value is -2.88. The highest BCUT2D eigenvalue weighted by Gasteiger charge is 2.46. The molecule has 1 aliphatic carbocycles. The third-order valence-electron chi connectivity index (χ3n) is 6.98. The molecule has 2 aliphatic heterocycles. The molecular weight excluding hydrogens is 372 g/mol. The molecule has 0 unspecified atom stereocenters. The van der Waals surface area contributed by atoms with Gasteiger partial charge in [-0.2, -0.15) is 0 Å². The molecule has 0 bridgehead atoms. The zero-order chi connectivity index (χ0) is 20.8. The molecular formula is C26H28N2O2. The van der Waals surface area contributed by atoms with Gasteiger partial charge in [0.05, 0.1) is 5.57 Å². The van der Waals surface area contributed by atoms with Crippen LogP contribution < -0.4 is 4.90 Å². The molecule has 2 aromatic carbocycles. The van der Waals surface area contributed by atoms with Gasteiger partial charge in [-0.25, -0.2) is 0 Å². The van der Waals surface area contributed by atoms with E-state index in [4.69, 9.17) is 0 Å². The van der Waals surface area contributed by atoms with Crippen molar-refractivity contribution in [3.05, 3.63) is 70.4 Å². The van der Waals surface area contributed by atoms with Crippen LogP contribution in [0.1, 0.15) is 54.4 Å². The molecule has 2 amide bonds. The Morgan fingerprint density at radius 1 is 0.867 bits per heavy atom. The average molecular weight is 401 g/mol. The quantitative estimate of drug-likeness (QED) is 0.696. The van der Waals surface area contributed by atoms with Gasteiger partial charge in [-0.3, -0.25) is 14.5 Å². The SMILES string of the molecule is Cc1ccc(C2=C(N3CCc4ccccc43)C(=O)N(C3CCCCC3)C2=O)cc1C. The number of carbonyl (C=O) groups excluding carboxylic acids is 2. The summed E-state index contributed by atoms with van der Waals surface area (Å²) in [7, 11) is 0. The Bertz CT molecular complexity index is 1060. The fourth-order valence-electron chi connectivity index (χ4n) is 5.18. The lowest BCUT2D eigenvalue weighted by Gasteiger charge is -2.30. The minimum atomic E-state index is -0.116. The van der Waals surface area contributed by atoms with E-state index in [0.717, 1.165) is 55.5 Å². The molecule has 3 aliphatic rings. The van der Waals surface area contributed by atoms with Crippen LogP contribution in [0, 0.1) is 13.8 Å². The van der Waals surface area contributed by atoms with Gasteiger partial charge < -0.3 is 4.90 Å². The average Bonchev–Trinajstić information content (AvgIpc) is 3.29. The maximum absolute atomic E-state index is 13.8. The molecule has 0 N–H and O–H groups in total. The van der Waals surface area contributed by atoms with Crippen molar-refractivity contribution in [3.8, 4) is 0 Å². The van der Waals surface area contributed by atoms with E-state index in [0.29, 0.717) is 11.3 Å². The molecule has 0 aromatic heterocycles. The molecule has 5 rings (SSSR count). The van der Waals surface area contributed by atoms with Crippen LogP contribution >= 0.6 is 0 Å². The minimum Gasteiger partial charge on any atom is -0.336 e. The Kier molecular flexibility index (Phi) is 4.73. The van der Waals surface area contributed by atoms with Crippen molar-refractivity contribution in [1.29, 1.82) is 0 Å². The van der Waals surface area contributed by atoms with E-state index >= 15 is 0 Å². The lowest BCUT2D eigenvalue weighted by atomic mass is 9.94. The minimum absolute atomic E-state index is 0.0237. The lowest BCUT2D eigenvalue weighted by molar-refractivity contribution is -0.140. The van der Waals surface area contributed by atoms with Gasteiger partial charge in [0.15, 0.2) is 0 Å². The fraction of sp³-hybridized carbons (Fsp3) is 0.385. The number of fused-ring (bicyclic) bond motifs is 1. The second kappa shape index (κ2) is 7.42. The molecule has 154 valence electrons. The van der Waals surface area contributed by atoms with Gasteiger partial charge in [0.25, 0.3) is 11.8 Å². The number of para-hydroxylation sites is 1. The highest BCUT2D eigenvalue weighted by molar-refractivity contribution is 6.37. The predicted molar refractivity (Wildman–Crippen MR) is 119 cm³/mol. The van der Waals surface area contributed by atoms with Crippen molar-refractivity contribution < 1.29 is 9.59 Å². The smallest absolute Gasteiger partial charge is 0.278 e. The summed E-state index contributed by atoms with van der Waals surface area (Å²) in [5.41, 5.74) is 6.62. The Labute approximate surface area is 178 Å². The maximum atomic E-state index is 13.8. The monoisotopic (exact) mass is 400 g/mol. The van der Waals surface area contributed by atoms with Crippen molar-refractivity contribution in [2.45, 2.75) is 58.4 Å². The molecule has 0 radical (unpaired) electrons. The number of nitrogens with zero attached hydrogens (tertiary/aromatic N) is 2. The standard InChI is InChI=1S/C26H28N2O2/c1-17-12-13-20(16-18(17)2)23-24(27-15-14-19-8-6-7-11-22(19)27)26(30)28(25(23)29)21-9-4-3-5-10-21/h6-8,11-13,16,21H,3-5,9-10,14-15H2,1-2H3. The molecule has 2 aromatic rings. The summed E-state index contributed by atoms with van der Waals surface area (Å²) in [6.07, 6.45) is 6.09. The summed E-state index contributed by atoms with van der Waals surface area (Å²) in [6, 6.07) is 14.4. The van der Waals surface area contributed by atoms with Crippen molar-refractivity contribution in [3.63, 3.8) is 0 Å². The fourth-order valence-corrected chi connectivity index (χ4v) is 5.18. The third-order valence-corrected chi connectivity index (χ3v) is 6.98. The zero-order valence-corrected chi connectivity index (χ0v) is 17.8. The largest absolute Gasteiger partial charge is 0.336 e. The number of amides is 2. The molecule has 4 nitrogen and oxygen atoms in total. The first kappa shape index (κ1) is 19.1. The molecule has 0 saturated heterocycles. The number of rotatable bonds is 3. The van der Waals surface area contributed by atoms with Crippen molar-refractivity contribution in [2.75, 3.05) is 11.4 Å². The van der Waals surface area contributed by atoms with E-state index in [1.165, 1.54) is 17.5 Å². The van der Waals surface area contributed by atoms with E-state index in [1.54, 1.807) is 4.90 Å². The summed E-state index contributed by atoms with van der Waals surface area (Å²) in [5.74, 6) is -0.230. The number of imide groups is 1. The molecule has 4 heteroatoms. The maximum Gasteiger partial charge on any atom is 0.278 e. The van der Waals surface area contributed by atoms with Crippen LogP contribution in [0.2, 0.25) is 0 Å². The summed E-state index contributed by atoms with van der Waals surface area (Å²) < 4.78 is 0. The predicted octanol–water partition coefficient (Wildman–Crippen LogP) is 4.78. The molecule has 0 spiro atoms. The van der Waals surface area contributed by atoms with Crippen molar-refractivity contribution >= 4 is 23.1 Å². The molecule has 2 heterocycles. The molecule has 1 fully saturated rings. The van der Waals surface area contributed by atoms with Gasteiger partial charge in [0, 0.05) is 18.3 Å². The number of anilines is 1. The van der Waals surface area contributed by atoms with E-state index < -0.39 is 0 Å². The van der Waals surface area contributed by atoms with Crippen LogP contribution in [0.3, 0.4) is 0 Å². The Morgan fingerprint density at radius 2 is 1.63 bits per heavy atom.